The molecule has 2 aliphatic rings. The molecule has 2 heterocycles. The number of carbonyl (C=O) groups is 1. The summed E-state index contributed by atoms with van der Waals surface area (Å²) in [6.45, 7) is -0.242. The number of H-pyrrole nitrogens is 1. The Hall–Kier alpha value is -3.36. The minimum Gasteiger partial charge on any atom is -0.493 e. The van der Waals surface area contributed by atoms with Gasteiger partial charge in [0.2, 0.25) is 0 Å². The highest BCUT2D eigenvalue weighted by Crippen LogP contribution is 2.35. The average Bonchev–Trinajstić information content (AvgIpc) is 3.52. The van der Waals surface area contributed by atoms with E-state index in [9.17, 15) is 28.0 Å². The van der Waals surface area contributed by atoms with Crippen molar-refractivity contribution in [2.24, 2.45) is 0 Å². The lowest BCUT2D eigenvalue weighted by molar-refractivity contribution is -0.136. The minimum atomic E-state index is -4.30. The van der Waals surface area contributed by atoms with Gasteiger partial charge in [0.05, 0.1) is 24.0 Å². The standard InChI is InChI=1S/C26H27F4N5O4S/c27-20-13-16(39-12-2-10-26(28,29)30)5-8-18(20)22-14-19(21-9-11-34(32-21)15-3-1-4-15)23(24(36)31-22)25(37)33-35(38)40-17-6-7-17/h5,8-9,11,13-15,17,38H,1-4,6-7,10,12H2,(H,31,36)(H,33,37). The molecule has 2 aromatic heterocycles. The second kappa shape index (κ2) is 11.6. The number of amides is 1. The molecule has 5 rings (SSSR count). The number of halogens is 4. The monoisotopic (exact) mass is 581 g/mol. The first-order valence-corrected chi connectivity index (χ1v) is 13.7. The fourth-order valence-corrected chi connectivity index (χ4v) is 4.98. The number of alkyl halides is 3. The van der Waals surface area contributed by atoms with E-state index >= 15 is 4.39 Å². The van der Waals surface area contributed by atoms with Gasteiger partial charge in [-0.15, -0.1) is 0 Å². The summed E-state index contributed by atoms with van der Waals surface area (Å²) < 4.78 is 59.7. The van der Waals surface area contributed by atoms with Crippen LogP contribution in [-0.4, -0.2) is 48.5 Å². The number of pyridine rings is 1. The van der Waals surface area contributed by atoms with E-state index in [1.165, 1.54) is 18.2 Å². The van der Waals surface area contributed by atoms with Crippen molar-refractivity contribution in [3.8, 4) is 28.3 Å². The summed E-state index contributed by atoms with van der Waals surface area (Å²) in [5.41, 5.74) is 1.67. The smallest absolute Gasteiger partial charge is 0.389 e. The van der Waals surface area contributed by atoms with Crippen molar-refractivity contribution in [1.82, 2.24) is 24.8 Å². The number of aromatic nitrogens is 3. The van der Waals surface area contributed by atoms with Crippen LogP contribution in [0.5, 0.6) is 5.75 Å². The first-order valence-electron chi connectivity index (χ1n) is 12.9. The Morgan fingerprint density at radius 3 is 2.62 bits per heavy atom. The van der Waals surface area contributed by atoms with Gasteiger partial charge in [0.1, 0.15) is 17.1 Å². The highest BCUT2D eigenvalue weighted by molar-refractivity contribution is 7.97. The van der Waals surface area contributed by atoms with Gasteiger partial charge in [0, 0.05) is 35.1 Å². The minimum absolute atomic E-state index is 0.0144. The maximum atomic E-state index is 15.1. The number of hydrazine groups is 1. The number of nitrogens with one attached hydrogen (secondary N) is 2. The maximum absolute atomic E-state index is 15.1. The molecule has 3 N–H and O–H groups in total. The molecule has 40 heavy (non-hydrogen) atoms. The van der Waals surface area contributed by atoms with Gasteiger partial charge < -0.3 is 9.72 Å². The molecule has 14 heteroatoms. The predicted octanol–water partition coefficient (Wildman–Crippen LogP) is 5.64. The van der Waals surface area contributed by atoms with E-state index < -0.39 is 29.9 Å². The van der Waals surface area contributed by atoms with E-state index in [4.69, 9.17) is 4.74 Å². The lowest BCUT2D eigenvalue weighted by Gasteiger charge is -2.25. The van der Waals surface area contributed by atoms with Crippen LogP contribution in [-0.2, 0) is 0 Å². The average molecular weight is 582 g/mol. The van der Waals surface area contributed by atoms with Crippen LogP contribution in [0.1, 0.15) is 61.3 Å². The van der Waals surface area contributed by atoms with Crippen molar-refractivity contribution in [3.05, 3.63) is 58.3 Å². The summed E-state index contributed by atoms with van der Waals surface area (Å²) in [5, 5.41) is 14.8. The Balaban J connectivity index is 1.43. The molecule has 2 aliphatic carbocycles. The fourth-order valence-electron chi connectivity index (χ4n) is 4.22. The van der Waals surface area contributed by atoms with Gasteiger partial charge in [0.15, 0.2) is 0 Å². The van der Waals surface area contributed by atoms with Crippen molar-refractivity contribution < 1.29 is 32.3 Å². The normalized spacial score (nSPS) is 15.8. The van der Waals surface area contributed by atoms with E-state index in [0.29, 0.717) is 10.3 Å². The Labute approximate surface area is 230 Å². The van der Waals surface area contributed by atoms with Gasteiger partial charge in [-0.05, 0) is 79.3 Å². The van der Waals surface area contributed by atoms with Crippen LogP contribution >= 0.6 is 11.9 Å². The van der Waals surface area contributed by atoms with Crippen LogP contribution in [0, 0.1) is 5.82 Å². The lowest BCUT2D eigenvalue weighted by atomic mass is 9.93. The Bertz CT molecular complexity index is 1440. The largest absolute Gasteiger partial charge is 0.493 e. The molecule has 9 nitrogen and oxygen atoms in total. The van der Waals surface area contributed by atoms with Gasteiger partial charge in [-0.1, -0.05) is 0 Å². The third-order valence-corrected chi connectivity index (χ3v) is 7.73. The molecule has 0 atom stereocenters. The van der Waals surface area contributed by atoms with Crippen LogP contribution in [0.25, 0.3) is 22.5 Å². The van der Waals surface area contributed by atoms with Crippen LogP contribution in [0.2, 0.25) is 0 Å². The number of nitrogens with zero attached hydrogens (tertiary/aromatic N) is 3. The first-order chi connectivity index (χ1) is 19.1. The number of aromatic amines is 1. The van der Waals surface area contributed by atoms with Crippen LogP contribution in [0.3, 0.4) is 0 Å². The summed E-state index contributed by atoms with van der Waals surface area (Å²) in [4.78, 5) is 28.8. The molecular weight excluding hydrogens is 554 g/mol. The van der Waals surface area contributed by atoms with Gasteiger partial charge in [-0.2, -0.15) is 18.3 Å². The fraction of sp³-hybridized carbons (Fsp3) is 0.423. The molecular formula is C26H27F4N5O4S. The Morgan fingerprint density at radius 1 is 1.20 bits per heavy atom. The van der Waals surface area contributed by atoms with E-state index in [2.05, 4.69) is 15.5 Å². The molecule has 1 amide bonds. The summed E-state index contributed by atoms with van der Waals surface area (Å²) in [6.07, 6.45) is 0.977. The summed E-state index contributed by atoms with van der Waals surface area (Å²) >= 11 is 1.03. The second-order valence-electron chi connectivity index (χ2n) is 9.79. The predicted molar refractivity (Wildman–Crippen MR) is 139 cm³/mol. The highest BCUT2D eigenvalue weighted by Gasteiger charge is 2.29. The number of hydrogen-bond acceptors (Lipinski definition) is 7. The number of benzene rings is 1. The molecule has 2 saturated carbocycles. The van der Waals surface area contributed by atoms with Crippen molar-refractivity contribution in [3.63, 3.8) is 0 Å². The second-order valence-corrected chi connectivity index (χ2v) is 11.0. The lowest BCUT2D eigenvalue weighted by Crippen LogP contribution is -2.38. The molecule has 0 unspecified atom stereocenters. The number of carbonyl (C=O) groups excluding carboxylic acids is 1. The molecule has 0 spiro atoms. The van der Waals surface area contributed by atoms with E-state index in [-0.39, 0.29) is 52.5 Å². The highest BCUT2D eigenvalue weighted by atomic mass is 32.2. The molecule has 2 fully saturated rings. The molecule has 3 aromatic rings. The summed E-state index contributed by atoms with van der Waals surface area (Å²) in [6, 6.07) is 7.05. The van der Waals surface area contributed by atoms with E-state index in [0.717, 1.165) is 50.1 Å². The Kier molecular flexibility index (Phi) is 8.19. The SMILES string of the molecule is O=C(NN(O)SC1CC1)c1c(-c2ccn(C3CCC3)n2)cc(-c2ccc(OCCCC(F)(F)F)cc2F)[nH]c1=O. The third-order valence-electron chi connectivity index (χ3n) is 6.67. The van der Waals surface area contributed by atoms with Crippen molar-refractivity contribution in [1.29, 1.82) is 0 Å². The van der Waals surface area contributed by atoms with Crippen molar-refractivity contribution in [2.45, 2.75) is 62.4 Å². The molecule has 1 aromatic carbocycles. The van der Waals surface area contributed by atoms with Gasteiger partial charge >= 0.3 is 6.18 Å². The summed E-state index contributed by atoms with van der Waals surface area (Å²) in [7, 11) is 0. The van der Waals surface area contributed by atoms with Crippen molar-refractivity contribution in [2.75, 3.05) is 6.61 Å². The first kappa shape index (κ1) is 28.2. The van der Waals surface area contributed by atoms with Gasteiger partial charge in [-0.3, -0.25) is 24.9 Å². The van der Waals surface area contributed by atoms with E-state index in [1.54, 1.807) is 16.9 Å². The molecule has 0 bridgehead atoms. The molecule has 0 aliphatic heterocycles. The van der Waals surface area contributed by atoms with Crippen LogP contribution in [0.4, 0.5) is 17.6 Å². The number of rotatable bonds is 11. The quantitative estimate of drug-likeness (QED) is 0.116. The maximum Gasteiger partial charge on any atom is 0.389 e. The Morgan fingerprint density at radius 2 is 1.98 bits per heavy atom. The number of ether oxygens (including phenoxy) is 1. The van der Waals surface area contributed by atoms with Crippen molar-refractivity contribution >= 4 is 17.9 Å². The van der Waals surface area contributed by atoms with Crippen LogP contribution in [0.15, 0.2) is 41.3 Å². The zero-order valence-electron chi connectivity index (χ0n) is 21.2. The molecule has 214 valence electrons. The summed E-state index contributed by atoms with van der Waals surface area (Å²) in [5.74, 6) is -1.60. The zero-order chi connectivity index (χ0) is 28.4. The van der Waals surface area contributed by atoms with Gasteiger partial charge in [0.25, 0.3) is 11.5 Å². The van der Waals surface area contributed by atoms with Crippen LogP contribution < -0.4 is 15.7 Å². The topological polar surface area (TPSA) is 112 Å². The zero-order valence-corrected chi connectivity index (χ0v) is 22.0. The molecule has 0 radical (unpaired) electrons. The van der Waals surface area contributed by atoms with Gasteiger partial charge in [-0.25, -0.2) is 4.39 Å². The third kappa shape index (κ3) is 6.85. The molecule has 0 saturated heterocycles. The van der Waals surface area contributed by atoms with E-state index in [1.807, 2.05) is 0 Å². The number of hydrogen-bond donors (Lipinski definition) is 3.